The summed E-state index contributed by atoms with van der Waals surface area (Å²) in [4.78, 5) is 32.2. The minimum absolute atomic E-state index is 0.0785. The molecule has 0 aliphatic carbocycles. The van der Waals surface area contributed by atoms with Crippen molar-refractivity contribution in [3.8, 4) is 0 Å². The van der Waals surface area contributed by atoms with Crippen LogP contribution in [-0.2, 0) is 4.79 Å². The summed E-state index contributed by atoms with van der Waals surface area (Å²) in [7, 11) is 0. The van der Waals surface area contributed by atoms with Crippen molar-refractivity contribution in [2.24, 2.45) is 5.41 Å². The standard InChI is InChI=1S/C27H28FN3O2/c28-22-9-7-19(8-10-22)23-18-30-26(33)27(23)11-14-31(15-12-27)13-3-6-25(32)21-16-20-4-1-2-5-24(20)29-17-21/h1-2,4-5,7-10,16-17,23H,3,6,11-15,18H2,(H,30,33). The summed E-state index contributed by atoms with van der Waals surface area (Å²) < 4.78 is 13.4. The van der Waals surface area contributed by atoms with Gasteiger partial charge in [-0.3, -0.25) is 14.6 Å². The van der Waals surface area contributed by atoms with E-state index in [0.717, 1.165) is 55.4 Å². The number of pyridine rings is 1. The van der Waals surface area contributed by atoms with Crippen molar-refractivity contribution in [1.29, 1.82) is 0 Å². The van der Waals surface area contributed by atoms with Crippen LogP contribution in [0.25, 0.3) is 10.9 Å². The molecule has 1 spiro atoms. The van der Waals surface area contributed by atoms with E-state index in [0.29, 0.717) is 18.5 Å². The van der Waals surface area contributed by atoms with Crippen LogP contribution in [0.2, 0.25) is 0 Å². The average Bonchev–Trinajstić information content (AvgIpc) is 3.16. The number of amides is 1. The Balaban J connectivity index is 1.16. The maximum Gasteiger partial charge on any atom is 0.227 e. The first-order chi connectivity index (χ1) is 16.0. The van der Waals surface area contributed by atoms with Gasteiger partial charge in [-0.15, -0.1) is 0 Å². The second kappa shape index (κ2) is 9.02. The number of fused-ring (bicyclic) bond motifs is 1. The van der Waals surface area contributed by atoms with Crippen molar-refractivity contribution >= 4 is 22.6 Å². The number of likely N-dealkylation sites (tertiary alicyclic amines) is 1. The van der Waals surface area contributed by atoms with Gasteiger partial charge < -0.3 is 10.2 Å². The SMILES string of the molecule is O=C(CCCN1CCC2(CC1)C(=O)NCC2c1ccc(F)cc1)c1cnc2ccccc2c1. The van der Waals surface area contributed by atoms with Crippen LogP contribution in [0.3, 0.4) is 0 Å². The van der Waals surface area contributed by atoms with Crippen molar-refractivity contribution in [1.82, 2.24) is 15.2 Å². The van der Waals surface area contributed by atoms with Crippen LogP contribution in [0.5, 0.6) is 0 Å². The molecule has 3 heterocycles. The van der Waals surface area contributed by atoms with Gasteiger partial charge in [-0.1, -0.05) is 30.3 Å². The molecule has 5 rings (SSSR count). The molecule has 2 aliphatic heterocycles. The van der Waals surface area contributed by atoms with E-state index in [2.05, 4.69) is 15.2 Å². The topological polar surface area (TPSA) is 62.3 Å². The zero-order valence-electron chi connectivity index (χ0n) is 18.6. The zero-order valence-corrected chi connectivity index (χ0v) is 18.6. The summed E-state index contributed by atoms with van der Waals surface area (Å²) in [5.74, 6) is 0.0624. The van der Waals surface area contributed by atoms with Crippen LogP contribution in [-0.4, -0.2) is 47.8 Å². The molecule has 33 heavy (non-hydrogen) atoms. The van der Waals surface area contributed by atoms with Crippen molar-refractivity contribution < 1.29 is 14.0 Å². The molecule has 1 N–H and O–H groups in total. The first-order valence-corrected chi connectivity index (χ1v) is 11.7. The van der Waals surface area contributed by atoms with E-state index in [1.807, 2.05) is 42.5 Å². The van der Waals surface area contributed by atoms with Gasteiger partial charge in [0, 0.05) is 36.0 Å². The lowest BCUT2D eigenvalue weighted by molar-refractivity contribution is -0.130. The average molecular weight is 446 g/mol. The lowest BCUT2D eigenvalue weighted by Gasteiger charge is -2.41. The van der Waals surface area contributed by atoms with Crippen LogP contribution < -0.4 is 5.32 Å². The molecule has 1 atom stereocenters. The van der Waals surface area contributed by atoms with Gasteiger partial charge in [0.15, 0.2) is 5.78 Å². The second-order valence-electron chi connectivity index (χ2n) is 9.26. The summed E-state index contributed by atoms with van der Waals surface area (Å²) in [6.45, 7) is 3.11. The van der Waals surface area contributed by atoms with E-state index in [1.54, 1.807) is 6.20 Å². The molecule has 1 amide bonds. The van der Waals surface area contributed by atoms with Crippen LogP contribution >= 0.6 is 0 Å². The Kier molecular flexibility index (Phi) is 5.94. The van der Waals surface area contributed by atoms with E-state index in [-0.39, 0.29) is 23.4 Å². The summed E-state index contributed by atoms with van der Waals surface area (Å²) >= 11 is 0. The maximum absolute atomic E-state index is 13.4. The largest absolute Gasteiger partial charge is 0.355 e. The van der Waals surface area contributed by atoms with Crippen molar-refractivity contribution in [2.75, 3.05) is 26.2 Å². The molecular formula is C27H28FN3O2. The number of Topliss-reactive ketones (excluding diaryl/α,β-unsaturated/α-hetero) is 1. The first-order valence-electron chi connectivity index (χ1n) is 11.7. The molecule has 0 bridgehead atoms. The Morgan fingerprint density at radius 2 is 1.88 bits per heavy atom. The number of piperidine rings is 1. The number of halogens is 1. The summed E-state index contributed by atoms with van der Waals surface area (Å²) in [5.41, 5.74) is 2.17. The third-order valence-corrected chi connectivity index (χ3v) is 7.40. The number of carbonyl (C=O) groups excluding carboxylic acids is 2. The normalized spacial score (nSPS) is 20.3. The fourth-order valence-corrected chi connectivity index (χ4v) is 5.44. The number of nitrogens with one attached hydrogen (secondary N) is 1. The summed E-state index contributed by atoms with van der Waals surface area (Å²) in [6.07, 6.45) is 4.50. The van der Waals surface area contributed by atoms with E-state index in [1.165, 1.54) is 12.1 Å². The van der Waals surface area contributed by atoms with E-state index in [4.69, 9.17) is 0 Å². The highest BCUT2D eigenvalue weighted by Crippen LogP contribution is 2.47. The number of ketones is 1. The zero-order chi connectivity index (χ0) is 22.8. The molecule has 6 heteroatoms. The Bertz CT molecular complexity index is 1170. The number of para-hydroxylation sites is 1. The molecule has 2 aromatic carbocycles. The number of benzene rings is 2. The van der Waals surface area contributed by atoms with Gasteiger partial charge in [-0.25, -0.2) is 4.39 Å². The number of carbonyl (C=O) groups is 2. The van der Waals surface area contributed by atoms with Gasteiger partial charge in [-0.2, -0.15) is 0 Å². The minimum Gasteiger partial charge on any atom is -0.355 e. The van der Waals surface area contributed by atoms with E-state index >= 15 is 0 Å². The second-order valence-corrected chi connectivity index (χ2v) is 9.26. The maximum atomic E-state index is 13.4. The van der Waals surface area contributed by atoms with Crippen LogP contribution in [0.1, 0.15) is 47.5 Å². The Labute approximate surface area is 193 Å². The lowest BCUT2D eigenvalue weighted by Crippen LogP contribution is -2.46. The molecule has 3 aromatic rings. The fraction of sp³-hybridized carbons (Fsp3) is 0.370. The fourth-order valence-electron chi connectivity index (χ4n) is 5.44. The molecule has 170 valence electrons. The van der Waals surface area contributed by atoms with E-state index < -0.39 is 5.41 Å². The predicted octanol–water partition coefficient (Wildman–Crippen LogP) is 4.33. The number of nitrogens with zero attached hydrogens (tertiary/aromatic N) is 2. The Morgan fingerprint density at radius 3 is 2.67 bits per heavy atom. The molecule has 2 saturated heterocycles. The Hall–Kier alpha value is -3.12. The third kappa shape index (κ3) is 4.27. The first kappa shape index (κ1) is 21.7. The van der Waals surface area contributed by atoms with Crippen LogP contribution in [0.4, 0.5) is 4.39 Å². The molecule has 0 saturated carbocycles. The summed E-state index contributed by atoms with van der Waals surface area (Å²) in [6, 6.07) is 16.3. The van der Waals surface area contributed by atoms with E-state index in [9.17, 15) is 14.0 Å². The number of rotatable bonds is 6. The smallest absolute Gasteiger partial charge is 0.227 e. The van der Waals surface area contributed by atoms with Gasteiger partial charge in [0.1, 0.15) is 5.82 Å². The highest BCUT2D eigenvalue weighted by molar-refractivity contribution is 5.98. The molecule has 2 fully saturated rings. The molecule has 1 unspecified atom stereocenters. The van der Waals surface area contributed by atoms with Crippen LogP contribution in [0.15, 0.2) is 60.8 Å². The number of hydrogen-bond acceptors (Lipinski definition) is 4. The molecule has 2 aliphatic rings. The quantitative estimate of drug-likeness (QED) is 0.574. The number of hydrogen-bond donors (Lipinski definition) is 1. The predicted molar refractivity (Wildman–Crippen MR) is 126 cm³/mol. The molecule has 5 nitrogen and oxygen atoms in total. The molecule has 1 aromatic heterocycles. The Morgan fingerprint density at radius 1 is 1.12 bits per heavy atom. The van der Waals surface area contributed by atoms with Gasteiger partial charge in [0.2, 0.25) is 5.91 Å². The third-order valence-electron chi connectivity index (χ3n) is 7.40. The molecular weight excluding hydrogens is 417 g/mol. The molecule has 0 radical (unpaired) electrons. The van der Waals surface area contributed by atoms with Gasteiger partial charge in [-0.05, 0) is 68.7 Å². The monoisotopic (exact) mass is 445 g/mol. The highest BCUT2D eigenvalue weighted by Gasteiger charge is 2.51. The van der Waals surface area contributed by atoms with Crippen LogP contribution in [0, 0.1) is 11.2 Å². The van der Waals surface area contributed by atoms with Gasteiger partial charge in [0.05, 0.1) is 10.9 Å². The highest BCUT2D eigenvalue weighted by atomic mass is 19.1. The van der Waals surface area contributed by atoms with Crippen molar-refractivity contribution in [3.63, 3.8) is 0 Å². The minimum atomic E-state index is -0.416. The summed E-state index contributed by atoms with van der Waals surface area (Å²) in [5, 5.41) is 4.03. The van der Waals surface area contributed by atoms with Gasteiger partial charge >= 0.3 is 0 Å². The lowest BCUT2D eigenvalue weighted by atomic mass is 9.68. The van der Waals surface area contributed by atoms with Crippen molar-refractivity contribution in [2.45, 2.75) is 31.6 Å². The van der Waals surface area contributed by atoms with Crippen molar-refractivity contribution in [3.05, 3.63) is 77.7 Å². The van der Waals surface area contributed by atoms with Gasteiger partial charge in [0.25, 0.3) is 0 Å². The number of aromatic nitrogens is 1.